The smallest absolute Gasteiger partial charge is 0.237 e. The molecule has 3 aliphatic rings. The van der Waals surface area contributed by atoms with Gasteiger partial charge < -0.3 is 33.3 Å². The van der Waals surface area contributed by atoms with E-state index in [1.54, 1.807) is 28.4 Å². The summed E-state index contributed by atoms with van der Waals surface area (Å²) in [5.74, 6) is 3.47. The number of fused-ring (bicyclic) bond motifs is 11. The molecular weight excluding hydrogens is 524 g/mol. The lowest BCUT2D eigenvalue weighted by Crippen LogP contribution is -2.46. The van der Waals surface area contributed by atoms with Crippen LogP contribution in [0.15, 0.2) is 54.6 Å². The molecule has 9 nitrogen and oxygen atoms in total. The van der Waals surface area contributed by atoms with Crippen LogP contribution < -0.4 is 23.7 Å². The van der Waals surface area contributed by atoms with Gasteiger partial charge in [0.15, 0.2) is 23.0 Å². The van der Waals surface area contributed by atoms with E-state index in [1.165, 1.54) is 0 Å². The zero-order valence-corrected chi connectivity index (χ0v) is 24.2. The van der Waals surface area contributed by atoms with Gasteiger partial charge in [0.25, 0.3) is 0 Å². The van der Waals surface area contributed by atoms with Crippen LogP contribution in [-0.4, -0.2) is 83.6 Å². The molecule has 9 heteroatoms. The van der Waals surface area contributed by atoms with Crippen LogP contribution in [0, 0.1) is 0 Å². The molecule has 0 aromatic heterocycles. The van der Waals surface area contributed by atoms with Crippen molar-refractivity contribution in [1.29, 1.82) is 0 Å². The summed E-state index contributed by atoms with van der Waals surface area (Å²) in [5, 5.41) is 0. The first-order valence-corrected chi connectivity index (χ1v) is 13.8. The quantitative estimate of drug-likeness (QED) is 0.416. The van der Waals surface area contributed by atoms with Crippen molar-refractivity contribution in [2.24, 2.45) is 0 Å². The number of amides is 1. The highest BCUT2D eigenvalue weighted by Crippen LogP contribution is 2.41. The fourth-order valence-corrected chi connectivity index (χ4v) is 5.57. The fraction of sp³-hybridized carbons (Fsp3) is 0.406. The standard InChI is InChI=1S/C32H38N2O7/c1-36-27-10-5-22(17-28(27)37-2)20-33-13-14-40-15-16-41-25-8-6-23(7-9-25)32-26-19-30(39-4)29(38-3)18-24(26)11-12-34(32)31(35)21-33/h5-10,17-19,32H,11-16,20-21H2,1-4H3. The minimum atomic E-state index is -0.274. The normalized spacial score (nSPS) is 17.9. The molecule has 2 bridgehead atoms. The van der Waals surface area contributed by atoms with E-state index in [-0.39, 0.29) is 18.5 Å². The number of hydrogen-bond donors (Lipinski definition) is 0. The van der Waals surface area contributed by atoms with Crippen LogP contribution in [0.5, 0.6) is 28.7 Å². The number of carbonyl (C=O) groups excluding carboxylic acids is 1. The number of benzene rings is 3. The molecule has 3 aromatic rings. The third kappa shape index (κ3) is 6.36. The molecule has 0 saturated heterocycles. The number of methoxy groups -OCH3 is 4. The van der Waals surface area contributed by atoms with Gasteiger partial charge in [0.05, 0.1) is 54.2 Å². The average molecular weight is 563 g/mol. The van der Waals surface area contributed by atoms with Gasteiger partial charge in [0.1, 0.15) is 12.4 Å². The van der Waals surface area contributed by atoms with Crippen LogP contribution in [0.3, 0.4) is 0 Å². The summed E-state index contributed by atoms with van der Waals surface area (Å²) < 4.78 is 33.9. The molecule has 0 spiro atoms. The SMILES string of the molecule is COc1ccc(CN2CCOCCOc3ccc(cc3)C3c4cc(OC)c(OC)cc4CCN3C(=O)C2)cc1OC. The summed E-state index contributed by atoms with van der Waals surface area (Å²) in [7, 11) is 6.51. The van der Waals surface area contributed by atoms with Crippen molar-refractivity contribution < 1.29 is 33.2 Å². The first kappa shape index (κ1) is 28.6. The van der Waals surface area contributed by atoms with Crippen LogP contribution >= 0.6 is 0 Å². The molecule has 1 amide bonds. The Morgan fingerprint density at radius 2 is 1.49 bits per heavy atom. The maximum absolute atomic E-state index is 14.1. The van der Waals surface area contributed by atoms with Crippen molar-refractivity contribution in [3.63, 3.8) is 0 Å². The molecule has 1 atom stereocenters. The van der Waals surface area contributed by atoms with Gasteiger partial charge in [-0.1, -0.05) is 18.2 Å². The summed E-state index contributed by atoms with van der Waals surface area (Å²) in [4.78, 5) is 18.2. The highest BCUT2D eigenvalue weighted by Gasteiger charge is 2.34. The maximum atomic E-state index is 14.1. The molecule has 1 unspecified atom stereocenters. The van der Waals surface area contributed by atoms with Crippen molar-refractivity contribution in [1.82, 2.24) is 9.80 Å². The topological polar surface area (TPSA) is 78.9 Å². The molecular formula is C32H38N2O7. The van der Waals surface area contributed by atoms with Gasteiger partial charge in [0, 0.05) is 19.6 Å². The van der Waals surface area contributed by atoms with Gasteiger partial charge in [-0.25, -0.2) is 0 Å². The Bertz CT molecular complexity index is 1340. The summed E-state index contributed by atoms with van der Waals surface area (Å²) >= 11 is 0. The Morgan fingerprint density at radius 3 is 2.22 bits per heavy atom. The van der Waals surface area contributed by atoms with E-state index >= 15 is 0 Å². The number of ether oxygens (including phenoxy) is 6. The number of carbonyl (C=O) groups is 1. The molecule has 0 radical (unpaired) electrons. The minimum absolute atomic E-state index is 0.0473. The highest BCUT2D eigenvalue weighted by atomic mass is 16.5. The van der Waals surface area contributed by atoms with E-state index in [0.717, 1.165) is 34.4 Å². The maximum Gasteiger partial charge on any atom is 0.237 e. The molecule has 218 valence electrons. The molecule has 0 saturated carbocycles. The molecule has 0 N–H and O–H groups in total. The zero-order valence-electron chi connectivity index (χ0n) is 24.2. The zero-order chi connectivity index (χ0) is 28.8. The van der Waals surface area contributed by atoms with Gasteiger partial charge in [-0.05, 0) is 65.1 Å². The molecule has 3 aliphatic heterocycles. The minimum Gasteiger partial charge on any atom is -0.493 e. The van der Waals surface area contributed by atoms with E-state index < -0.39 is 0 Å². The van der Waals surface area contributed by atoms with Crippen molar-refractivity contribution in [2.45, 2.75) is 19.0 Å². The first-order chi connectivity index (χ1) is 20.0. The Hall–Kier alpha value is -3.95. The molecule has 41 heavy (non-hydrogen) atoms. The molecule has 3 aromatic carbocycles. The lowest BCUT2D eigenvalue weighted by atomic mass is 9.87. The summed E-state index contributed by atoms with van der Waals surface area (Å²) in [6.07, 6.45) is 0.720. The molecule has 0 aliphatic carbocycles. The van der Waals surface area contributed by atoms with Crippen molar-refractivity contribution >= 4 is 5.91 Å². The van der Waals surface area contributed by atoms with Crippen LogP contribution in [0.25, 0.3) is 0 Å². The third-order valence-corrected chi connectivity index (χ3v) is 7.65. The summed E-state index contributed by atoms with van der Waals surface area (Å²) in [6.45, 7) is 3.36. The summed E-state index contributed by atoms with van der Waals surface area (Å²) in [6, 6.07) is 17.6. The summed E-state index contributed by atoms with van der Waals surface area (Å²) in [5.41, 5.74) is 4.21. The lowest BCUT2D eigenvalue weighted by Gasteiger charge is -2.39. The van der Waals surface area contributed by atoms with E-state index in [4.69, 9.17) is 28.4 Å². The Kier molecular flexibility index (Phi) is 9.16. The second kappa shape index (κ2) is 13.1. The highest BCUT2D eigenvalue weighted by molar-refractivity contribution is 5.80. The number of nitrogens with zero attached hydrogens (tertiary/aromatic N) is 2. The Labute approximate surface area is 241 Å². The van der Waals surface area contributed by atoms with Gasteiger partial charge in [-0.15, -0.1) is 0 Å². The van der Waals surface area contributed by atoms with Crippen LogP contribution in [0.2, 0.25) is 0 Å². The third-order valence-electron chi connectivity index (χ3n) is 7.65. The van der Waals surface area contributed by atoms with Gasteiger partial charge in [-0.3, -0.25) is 9.69 Å². The molecule has 3 heterocycles. The second-order valence-electron chi connectivity index (χ2n) is 10.1. The van der Waals surface area contributed by atoms with Crippen molar-refractivity contribution in [3.05, 3.63) is 76.9 Å². The van der Waals surface area contributed by atoms with Crippen molar-refractivity contribution in [2.75, 3.05) is 67.9 Å². The number of rotatable bonds is 6. The van der Waals surface area contributed by atoms with Gasteiger partial charge in [-0.2, -0.15) is 0 Å². The van der Waals surface area contributed by atoms with E-state index in [9.17, 15) is 4.79 Å². The number of hydrogen-bond acceptors (Lipinski definition) is 8. The predicted octanol–water partition coefficient (Wildman–Crippen LogP) is 4.11. The van der Waals surface area contributed by atoms with Crippen LogP contribution in [0.4, 0.5) is 0 Å². The van der Waals surface area contributed by atoms with Crippen LogP contribution in [-0.2, 0) is 22.5 Å². The Balaban J connectivity index is 1.49. The van der Waals surface area contributed by atoms with Crippen molar-refractivity contribution in [3.8, 4) is 28.7 Å². The lowest BCUT2D eigenvalue weighted by molar-refractivity contribution is -0.134. The van der Waals surface area contributed by atoms with E-state index in [1.807, 2.05) is 59.5 Å². The molecule has 0 fully saturated rings. The van der Waals surface area contributed by atoms with Gasteiger partial charge >= 0.3 is 0 Å². The largest absolute Gasteiger partial charge is 0.493 e. The molecule has 6 rings (SSSR count). The first-order valence-electron chi connectivity index (χ1n) is 13.8. The second-order valence-corrected chi connectivity index (χ2v) is 10.1. The van der Waals surface area contributed by atoms with E-state index in [0.29, 0.717) is 62.5 Å². The predicted molar refractivity (Wildman–Crippen MR) is 154 cm³/mol. The Morgan fingerprint density at radius 1 is 0.780 bits per heavy atom. The van der Waals surface area contributed by atoms with Crippen LogP contribution in [0.1, 0.15) is 28.3 Å². The monoisotopic (exact) mass is 562 g/mol. The fourth-order valence-electron chi connectivity index (χ4n) is 5.57. The van der Waals surface area contributed by atoms with Gasteiger partial charge in [0.2, 0.25) is 5.91 Å². The van der Waals surface area contributed by atoms with E-state index in [2.05, 4.69) is 4.90 Å². The average Bonchev–Trinajstić information content (AvgIpc) is 3.01.